The van der Waals surface area contributed by atoms with E-state index in [0.29, 0.717) is 18.5 Å². The van der Waals surface area contributed by atoms with Crippen LogP contribution in [-0.4, -0.2) is 28.2 Å². The van der Waals surface area contributed by atoms with Crippen molar-refractivity contribution in [1.29, 1.82) is 0 Å². The summed E-state index contributed by atoms with van der Waals surface area (Å²) in [4.78, 5) is 32.1. The normalized spacial score (nSPS) is 13.1. The Morgan fingerprint density at radius 1 is 1.11 bits per heavy atom. The molecule has 1 aliphatic heterocycles. The number of anilines is 1. The minimum atomic E-state index is -0.165. The Labute approximate surface area is 168 Å². The lowest BCUT2D eigenvalue weighted by atomic mass is 9.98. The molecule has 1 aliphatic rings. The lowest BCUT2D eigenvalue weighted by Gasteiger charge is -2.29. The standard InChI is InChI=1S/C22H21N3O2S/c26-21(6-5-20-2-1-13-28-20)25-12-9-16-3-4-19(14-18(16)15-25)24-22(27)17-7-10-23-11-8-17/h1-4,7-8,10-11,13-14H,5-6,9,12,15H2,(H,24,27). The molecule has 0 radical (unpaired) electrons. The molecule has 1 N–H and O–H groups in total. The molecule has 0 bridgehead atoms. The van der Waals surface area contributed by atoms with E-state index in [1.54, 1.807) is 35.9 Å². The summed E-state index contributed by atoms with van der Waals surface area (Å²) in [5.74, 6) is 0.0207. The number of carbonyl (C=O) groups is 2. The maximum Gasteiger partial charge on any atom is 0.255 e. The topological polar surface area (TPSA) is 62.3 Å². The summed E-state index contributed by atoms with van der Waals surface area (Å²) >= 11 is 1.69. The number of hydrogen-bond acceptors (Lipinski definition) is 4. The Hall–Kier alpha value is -2.99. The van der Waals surface area contributed by atoms with Crippen molar-refractivity contribution >= 4 is 28.8 Å². The minimum Gasteiger partial charge on any atom is -0.338 e. The number of fused-ring (bicyclic) bond motifs is 1. The highest BCUT2D eigenvalue weighted by Crippen LogP contribution is 2.24. The summed E-state index contributed by atoms with van der Waals surface area (Å²) in [6.07, 6.45) is 5.37. The highest BCUT2D eigenvalue weighted by atomic mass is 32.1. The Balaban J connectivity index is 1.40. The highest BCUT2D eigenvalue weighted by molar-refractivity contribution is 7.09. The number of nitrogens with one attached hydrogen (secondary N) is 1. The van der Waals surface area contributed by atoms with E-state index >= 15 is 0 Å². The van der Waals surface area contributed by atoms with Crippen LogP contribution in [0.5, 0.6) is 0 Å². The van der Waals surface area contributed by atoms with Crippen LogP contribution in [0.4, 0.5) is 5.69 Å². The summed E-state index contributed by atoms with van der Waals surface area (Å²) in [7, 11) is 0. The number of nitrogens with zero attached hydrogens (tertiary/aromatic N) is 2. The molecule has 0 spiro atoms. The van der Waals surface area contributed by atoms with Gasteiger partial charge in [-0.2, -0.15) is 0 Å². The van der Waals surface area contributed by atoms with Gasteiger partial charge >= 0.3 is 0 Å². The fraction of sp³-hybridized carbons (Fsp3) is 0.227. The third-order valence-electron chi connectivity index (χ3n) is 4.94. The minimum absolute atomic E-state index is 0.165. The summed E-state index contributed by atoms with van der Waals surface area (Å²) in [5, 5.41) is 4.97. The molecule has 28 heavy (non-hydrogen) atoms. The molecule has 0 atom stereocenters. The summed E-state index contributed by atoms with van der Waals surface area (Å²) in [6, 6.07) is 13.4. The van der Waals surface area contributed by atoms with Crippen molar-refractivity contribution in [2.24, 2.45) is 0 Å². The van der Waals surface area contributed by atoms with Gasteiger partial charge in [-0.05, 0) is 59.7 Å². The number of aryl methyl sites for hydroxylation is 1. The largest absolute Gasteiger partial charge is 0.338 e. The first kappa shape index (κ1) is 18.4. The first-order valence-electron chi connectivity index (χ1n) is 9.32. The maximum absolute atomic E-state index is 12.6. The fourth-order valence-electron chi connectivity index (χ4n) is 3.40. The molecule has 0 aliphatic carbocycles. The van der Waals surface area contributed by atoms with Gasteiger partial charge in [-0.1, -0.05) is 12.1 Å². The summed E-state index contributed by atoms with van der Waals surface area (Å²) < 4.78 is 0. The molecule has 0 saturated heterocycles. The molecule has 142 valence electrons. The third kappa shape index (κ3) is 4.28. The Bertz CT molecular complexity index is 971. The molecular formula is C22H21N3O2S. The second-order valence-electron chi connectivity index (χ2n) is 6.82. The van der Waals surface area contributed by atoms with Crippen LogP contribution in [0.25, 0.3) is 0 Å². The molecule has 1 aromatic carbocycles. The van der Waals surface area contributed by atoms with E-state index in [1.165, 1.54) is 10.4 Å². The van der Waals surface area contributed by atoms with Crippen LogP contribution < -0.4 is 5.32 Å². The van der Waals surface area contributed by atoms with Gasteiger partial charge in [-0.3, -0.25) is 14.6 Å². The molecule has 5 nitrogen and oxygen atoms in total. The van der Waals surface area contributed by atoms with Crippen LogP contribution in [0.2, 0.25) is 0 Å². The van der Waals surface area contributed by atoms with E-state index in [9.17, 15) is 9.59 Å². The predicted molar refractivity (Wildman–Crippen MR) is 110 cm³/mol. The van der Waals surface area contributed by atoms with Crippen LogP contribution in [0.15, 0.2) is 60.2 Å². The highest BCUT2D eigenvalue weighted by Gasteiger charge is 2.21. The van der Waals surface area contributed by atoms with Crippen LogP contribution >= 0.6 is 11.3 Å². The number of hydrogen-bond donors (Lipinski definition) is 1. The number of benzene rings is 1. The second kappa shape index (κ2) is 8.35. The van der Waals surface area contributed by atoms with Crippen molar-refractivity contribution in [3.63, 3.8) is 0 Å². The van der Waals surface area contributed by atoms with Crippen molar-refractivity contribution < 1.29 is 9.59 Å². The SMILES string of the molecule is O=C(Nc1ccc2c(c1)CN(C(=O)CCc1cccs1)CC2)c1ccncc1. The summed E-state index contributed by atoms with van der Waals surface area (Å²) in [5.41, 5.74) is 3.65. The van der Waals surface area contributed by atoms with Gasteiger partial charge in [0.1, 0.15) is 0 Å². The molecular weight excluding hydrogens is 370 g/mol. The molecule has 3 heterocycles. The molecule has 0 saturated carbocycles. The fourth-order valence-corrected chi connectivity index (χ4v) is 4.11. The maximum atomic E-state index is 12.6. The molecule has 0 unspecified atom stereocenters. The van der Waals surface area contributed by atoms with Gasteiger partial charge in [0.05, 0.1) is 0 Å². The molecule has 2 aromatic heterocycles. The Morgan fingerprint density at radius 2 is 1.96 bits per heavy atom. The lowest BCUT2D eigenvalue weighted by molar-refractivity contribution is -0.132. The van der Waals surface area contributed by atoms with E-state index in [1.807, 2.05) is 34.5 Å². The Morgan fingerprint density at radius 3 is 2.75 bits per heavy atom. The van der Waals surface area contributed by atoms with Gasteiger partial charge < -0.3 is 10.2 Å². The lowest BCUT2D eigenvalue weighted by Crippen LogP contribution is -2.36. The number of aromatic nitrogens is 1. The monoisotopic (exact) mass is 391 g/mol. The van der Waals surface area contributed by atoms with Crippen molar-refractivity contribution in [3.05, 3.63) is 81.8 Å². The van der Waals surface area contributed by atoms with Gasteiger partial charge in [0.15, 0.2) is 0 Å². The number of carbonyl (C=O) groups excluding carboxylic acids is 2. The van der Waals surface area contributed by atoms with Gasteiger partial charge in [0.2, 0.25) is 5.91 Å². The Kier molecular flexibility index (Phi) is 5.48. The van der Waals surface area contributed by atoms with Gasteiger partial charge in [0.25, 0.3) is 5.91 Å². The average molecular weight is 391 g/mol. The zero-order valence-electron chi connectivity index (χ0n) is 15.4. The number of pyridine rings is 1. The van der Waals surface area contributed by atoms with E-state index < -0.39 is 0 Å². The molecule has 6 heteroatoms. The third-order valence-corrected chi connectivity index (χ3v) is 5.87. The summed E-state index contributed by atoms with van der Waals surface area (Å²) in [6.45, 7) is 1.34. The van der Waals surface area contributed by atoms with Crippen LogP contribution in [0, 0.1) is 0 Å². The zero-order chi connectivity index (χ0) is 19.3. The van der Waals surface area contributed by atoms with E-state index in [2.05, 4.69) is 16.4 Å². The van der Waals surface area contributed by atoms with Crippen molar-refractivity contribution in [1.82, 2.24) is 9.88 Å². The van der Waals surface area contributed by atoms with E-state index in [0.717, 1.165) is 30.6 Å². The first-order valence-corrected chi connectivity index (χ1v) is 10.2. The zero-order valence-corrected chi connectivity index (χ0v) is 16.2. The predicted octanol–water partition coefficient (Wildman–Crippen LogP) is 3.91. The molecule has 4 rings (SSSR count). The van der Waals surface area contributed by atoms with E-state index in [4.69, 9.17) is 0 Å². The van der Waals surface area contributed by atoms with Crippen molar-refractivity contribution in [3.8, 4) is 0 Å². The number of thiophene rings is 1. The van der Waals surface area contributed by atoms with E-state index in [-0.39, 0.29) is 11.8 Å². The molecule has 0 fully saturated rings. The smallest absolute Gasteiger partial charge is 0.255 e. The van der Waals surface area contributed by atoms with Gasteiger partial charge in [-0.25, -0.2) is 0 Å². The van der Waals surface area contributed by atoms with Crippen LogP contribution in [0.1, 0.15) is 32.8 Å². The molecule has 2 amide bonds. The van der Waals surface area contributed by atoms with Crippen molar-refractivity contribution in [2.75, 3.05) is 11.9 Å². The first-order chi connectivity index (χ1) is 13.7. The van der Waals surface area contributed by atoms with Gasteiger partial charge in [0, 0.05) is 48.0 Å². The van der Waals surface area contributed by atoms with Crippen molar-refractivity contribution in [2.45, 2.75) is 25.8 Å². The van der Waals surface area contributed by atoms with Crippen LogP contribution in [-0.2, 0) is 24.2 Å². The number of amides is 2. The average Bonchev–Trinajstić information content (AvgIpc) is 3.26. The second-order valence-corrected chi connectivity index (χ2v) is 7.85. The van der Waals surface area contributed by atoms with Gasteiger partial charge in [-0.15, -0.1) is 11.3 Å². The molecule has 3 aromatic rings. The van der Waals surface area contributed by atoms with Crippen LogP contribution in [0.3, 0.4) is 0 Å². The quantitative estimate of drug-likeness (QED) is 0.717. The number of rotatable bonds is 5.